The van der Waals surface area contributed by atoms with Crippen molar-refractivity contribution < 1.29 is 9.50 Å². The van der Waals surface area contributed by atoms with Gasteiger partial charge in [-0.05, 0) is 48.2 Å². The van der Waals surface area contributed by atoms with Crippen molar-refractivity contribution in [2.75, 3.05) is 0 Å². The van der Waals surface area contributed by atoms with Crippen LogP contribution in [0.4, 0.5) is 4.39 Å². The predicted octanol–water partition coefficient (Wildman–Crippen LogP) is 4.26. The largest absolute Gasteiger partial charge is 0.392 e. The summed E-state index contributed by atoms with van der Waals surface area (Å²) in [6.07, 6.45) is 0. The molecule has 0 fully saturated rings. The van der Waals surface area contributed by atoms with E-state index in [-0.39, 0.29) is 17.4 Å². The molecule has 0 unspecified atom stereocenters. The summed E-state index contributed by atoms with van der Waals surface area (Å²) in [6, 6.07) is 8.69. The maximum Gasteiger partial charge on any atom is 0.132 e. The molecule has 0 saturated carbocycles. The number of hydrogen-bond acceptors (Lipinski definition) is 1. The van der Waals surface area contributed by atoms with Gasteiger partial charge in [0.15, 0.2) is 0 Å². The highest BCUT2D eigenvalue weighted by Gasteiger charge is 2.13. The van der Waals surface area contributed by atoms with E-state index in [9.17, 15) is 9.50 Å². The van der Waals surface area contributed by atoms with Gasteiger partial charge in [-0.1, -0.05) is 29.8 Å². The first-order chi connectivity index (χ1) is 8.54. The summed E-state index contributed by atoms with van der Waals surface area (Å²) in [5.41, 5.74) is 3.89. The van der Waals surface area contributed by atoms with Gasteiger partial charge < -0.3 is 5.11 Å². The van der Waals surface area contributed by atoms with Gasteiger partial charge in [-0.2, -0.15) is 0 Å². The van der Waals surface area contributed by atoms with Gasteiger partial charge in [0.05, 0.1) is 6.61 Å². The summed E-state index contributed by atoms with van der Waals surface area (Å²) in [5.74, 6) is -0.366. The van der Waals surface area contributed by atoms with Crippen LogP contribution in [0.5, 0.6) is 0 Å². The molecule has 0 saturated heterocycles. The minimum absolute atomic E-state index is 0.197. The standard InChI is InChI=1S/C15H14ClFO/c1-9-4-3-5-10(2)15(9)12-6-11(8-18)13(16)7-14(12)17/h3-7,18H,8H2,1-2H3. The van der Waals surface area contributed by atoms with Crippen molar-refractivity contribution in [3.63, 3.8) is 0 Å². The normalized spacial score (nSPS) is 10.7. The lowest BCUT2D eigenvalue weighted by molar-refractivity contribution is 0.282. The first-order valence-corrected chi connectivity index (χ1v) is 6.07. The summed E-state index contributed by atoms with van der Waals surface area (Å²) in [7, 11) is 0. The van der Waals surface area contributed by atoms with Gasteiger partial charge in [0.1, 0.15) is 5.82 Å². The van der Waals surface area contributed by atoms with E-state index < -0.39 is 0 Å². The lowest BCUT2D eigenvalue weighted by Crippen LogP contribution is -1.95. The van der Waals surface area contributed by atoms with Crippen LogP contribution in [0.15, 0.2) is 30.3 Å². The molecule has 0 aliphatic rings. The molecule has 2 aromatic carbocycles. The summed E-state index contributed by atoms with van der Waals surface area (Å²) >= 11 is 5.87. The maximum atomic E-state index is 14.0. The second-order valence-electron chi connectivity index (χ2n) is 4.35. The molecule has 0 aromatic heterocycles. The Labute approximate surface area is 111 Å². The average Bonchev–Trinajstić information content (AvgIpc) is 2.31. The fraction of sp³-hybridized carbons (Fsp3) is 0.200. The molecule has 1 nitrogen and oxygen atoms in total. The van der Waals surface area contributed by atoms with E-state index in [1.165, 1.54) is 6.07 Å². The number of aliphatic hydroxyl groups is 1. The number of benzene rings is 2. The van der Waals surface area contributed by atoms with Crippen LogP contribution in [0.3, 0.4) is 0 Å². The van der Waals surface area contributed by atoms with E-state index in [0.717, 1.165) is 16.7 Å². The SMILES string of the molecule is Cc1cccc(C)c1-c1cc(CO)c(Cl)cc1F. The van der Waals surface area contributed by atoms with E-state index in [2.05, 4.69) is 0 Å². The number of halogens is 2. The molecular weight excluding hydrogens is 251 g/mol. The van der Waals surface area contributed by atoms with Crippen LogP contribution in [-0.4, -0.2) is 5.11 Å². The predicted molar refractivity (Wildman–Crippen MR) is 72.2 cm³/mol. The lowest BCUT2D eigenvalue weighted by Gasteiger charge is -2.13. The average molecular weight is 265 g/mol. The molecule has 18 heavy (non-hydrogen) atoms. The molecule has 0 aliphatic heterocycles. The van der Waals surface area contributed by atoms with E-state index in [0.29, 0.717) is 11.1 Å². The van der Waals surface area contributed by atoms with Crippen molar-refractivity contribution in [2.45, 2.75) is 20.5 Å². The third-order valence-corrected chi connectivity index (χ3v) is 3.41. The number of aryl methyl sites for hydroxylation is 2. The van der Waals surface area contributed by atoms with Crippen LogP contribution in [0.2, 0.25) is 5.02 Å². The Bertz CT molecular complexity index is 573. The molecule has 2 aromatic rings. The molecule has 0 spiro atoms. The lowest BCUT2D eigenvalue weighted by atomic mass is 9.94. The highest BCUT2D eigenvalue weighted by Crippen LogP contribution is 2.32. The molecule has 1 N–H and O–H groups in total. The Morgan fingerprint density at radius 3 is 2.33 bits per heavy atom. The van der Waals surface area contributed by atoms with Gasteiger partial charge >= 0.3 is 0 Å². The summed E-state index contributed by atoms with van der Waals surface area (Å²) in [5, 5.41) is 9.47. The Morgan fingerprint density at radius 1 is 1.17 bits per heavy atom. The molecule has 3 heteroatoms. The Hall–Kier alpha value is -1.38. The fourth-order valence-corrected chi connectivity index (χ4v) is 2.36. The van der Waals surface area contributed by atoms with Crippen LogP contribution in [0, 0.1) is 19.7 Å². The van der Waals surface area contributed by atoms with Crippen LogP contribution in [0.25, 0.3) is 11.1 Å². The van der Waals surface area contributed by atoms with Crippen molar-refractivity contribution in [3.8, 4) is 11.1 Å². The van der Waals surface area contributed by atoms with Crippen LogP contribution in [0.1, 0.15) is 16.7 Å². The first-order valence-electron chi connectivity index (χ1n) is 5.70. The molecule has 0 heterocycles. The fourth-order valence-electron chi connectivity index (χ4n) is 2.15. The van der Waals surface area contributed by atoms with Crippen LogP contribution in [-0.2, 0) is 6.61 Å². The van der Waals surface area contributed by atoms with E-state index >= 15 is 0 Å². The quantitative estimate of drug-likeness (QED) is 0.859. The van der Waals surface area contributed by atoms with Gasteiger partial charge in [-0.15, -0.1) is 0 Å². The topological polar surface area (TPSA) is 20.2 Å². The zero-order valence-corrected chi connectivity index (χ0v) is 11.1. The minimum atomic E-state index is -0.366. The van der Waals surface area contributed by atoms with Crippen molar-refractivity contribution in [1.29, 1.82) is 0 Å². The minimum Gasteiger partial charge on any atom is -0.392 e. The van der Waals surface area contributed by atoms with Crippen molar-refractivity contribution in [1.82, 2.24) is 0 Å². The molecular formula is C15H14ClFO. The molecule has 0 radical (unpaired) electrons. The number of rotatable bonds is 2. The highest BCUT2D eigenvalue weighted by atomic mass is 35.5. The van der Waals surface area contributed by atoms with Crippen molar-refractivity contribution in [3.05, 3.63) is 57.9 Å². The Morgan fingerprint density at radius 2 is 1.78 bits per heavy atom. The van der Waals surface area contributed by atoms with E-state index in [1.807, 2.05) is 32.0 Å². The molecule has 0 aliphatic carbocycles. The second-order valence-corrected chi connectivity index (χ2v) is 4.76. The Balaban J connectivity index is 2.71. The third-order valence-electron chi connectivity index (χ3n) is 3.06. The van der Waals surface area contributed by atoms with Crippen LogP contribution >= 0.6 is 11.6 Å². The van der Waals surface area contributed by atoms with E-state index in [1.54, 1.807) is 6.07 Å². The van der Waals surface area contributed by atoms with Gasteiger partial charge in [0, 0.05) is 10.6 Å². The summed E-state index contributed by atoms with van der Waals surface area (Å²) in [4.78, 5) is 0. The van der Waals surface area contributed by atoms with Gasteiger partial charge in [0.2, 0.25) is 0 Å². The van der Waals surface area contributed by atoms with Crippen LogP contribution < -0.4 is 0 Å². The molecule has 0 amide bonds. The van der Waals surface area contributed by atoms with Crippen molar-refractivity contribution in [2.24, 2.45) is 0 Å². The molecule has 0 atom stereocenters. The first kappa shape index (κ1) is 13.1. The smallest absolute Gasteiger partial charge is 0.132 e. The highest BCUT2D eigenvalue weighted by molar-refractivity contribution is 6.31. The van der Waals surface area contributed by atoms with Crippen molar-refractivity contribution >= 4 is 11.6 Å². The zero-order valence-electron chi connectivity index (χ0n) is 10.3. The van der Waals surface area contributed by atoms with Gasteiger partial charge in [0.25, 0.3) is 0 Å². The van der Waals surface area contributed by atoms with E-state index in [4.69, 9.17) is 11.6 Å². The van der Waals surface area contributed by atoms with Gasteiger partial charge in [-0.3, -0.25) is 0 Å². The maximum absolute atomic E-state index is 14.0. The number of aliphatic hydroxyl groups excluding tert-OH is 1. The molecule has 2 rings (SSSR count). The summed E-state index contributed by atoms with van der Waals surface area (Å²) in [6.45, 7) is 3.68. The number of hydrogen-bond donors (Lipinski definition) is 1. The Kier molecular flexibility index (Phi) is 3.69. The zero-order chi connectivity index (χ0) is 13.3. The molecule has 94 valence electrons. The summed E-state index contributed by atoms with van der Waals surface area (Å²) < 4.78 is 14.0. The van der Waals surface area contributed by atoms with Gasteiger partial charge in [-0.25, -0.2) is 4.39 Å². The monoisotopic (exact) mass is 264 g/mol. The second kappa shape index (κ2) is 5.09. The molecule has 0 bridgehead atoms. The third kappa shape index (κ3) is 2.26.